The van der Waals surface area contributed by atoms with E-state index in [-0.39, 0.29) is 5.56 Å². The number of nitrogens with zero attached hydrogens (tertiary/aromatic N) is 3. The molecule has 1 fully saturated rings. The third kappa shape index (κ3) is 4.50. The van der Waals surface area contributed by atoms with Crippen molar-refractivity contribution in [1.82, 2.24) is 9.47 Å². The van der Waals surface area contributed by atoms with Crippen molar-refractivity contribution in [2.24, 2.45) is 4.99 Å². The van der Waals surface area contributed by atoms with Gasteiger partial charge in [-0.3, -0.25) is 4.79 Å². The molecule has 1 aliphatic heterocycles. The molecule has 0 saturated carbocycles. The molecular formula is C20H26N4O. The van der Waals surface area contributed by atoms with Crippen molar-refractivity contribution in [3.8, 4) is 0 Å². The van der Waals surface area contributed by atoms with Gasteiger partial charge in [-0.2, -0.15) is 0 Å². The Morgan fingerprint density at radius 1 is 1.08 bits per heavy atom. The maximum atomic E-state index is 12.4. The number of piperidine rings is 1. The van der Waals surface area contributed by atoms with E-state index in [4.69, 9.17) is 4.99 Å². The molecule has 0 aliphatic carbocycles. The summed E-state index contributed by atoms with van der Waals surface area (Å²) in [6.45, 7) is 5.06. The van der Waals surface area contributed by atoms with Crippen LogP contribution in [0.4, 0.5) is 5.69 Å². The number of pyridine rings is 1. The van der Waals surface area contributed by atoms with Crippen LogP contribution in [0.15, 0.2) is 58.4 Å². The molecule has 25 heavy (non-hydrogen) atoms. The number of aryl methyl sites for hydroxylation is 1. The predicted octanol–water partition coefficient (Wildman–Crippen LogP) is 3.32. The Kier molecular flexibility index (Phi) is 5.88. The van der Waals surface area contributed by atoms with E-state index in [9.17, 15) is 4.79 Å². The zero-order valence-corrected chi connectivity index (χ0v) is 14.8. The van der Waals surface area contributed by atoms with Gasteiger partial charge in [-0.15, -0.1) is 0 Å². The molecule has 0 unspecified atom stereocenters. The maximum absolute atomic E-state index is 12.4. The zero-order chi connectivity index (χ0) is 17.5. The number of guanidine groups is 1. The first kappa shape index (κ1) is 17.3. The summed E-state index contributed by atoms with van der Waals surface area (Å²) < 4.78 is 1.72. The van der Waals surface area contributed by atoms with Gasteiger partial charge in [0.1, 0.15) is 0 Å². The van der Waals surface area contributed by atoms with Gasteiger partial charge in [-0.1, -0.05) is 24.3 Å². The Bertz CT molecular complexity index is 761. The minimum Gasteiger partial charge on any atom is -0.343 e. The van der Waals surface area contributed by atoms with Gasteiger partial charge in [-0.25, -0.2) is 4.99 Å². The Balaban J connectivity index is 1.83. The van der Waals surface area contributed by atoms with E-state index < -0.39 is 0 Å². The van der Waals surface area contributed by atoms with E-state index in [1.807, 2.05) is 55.6 Å². The molecule has 1 aliphatic rings. The highest BCUT2D eigenvalue weighted by Gasteiger charge is 2.15. The van der Waals surface area contributed by atoms with Crippen molar-refractivity contribution in [1.29, 1.82) is 0 Å². The molecule has 5 nitrogen and oxygen atoms in total. The second-order valence-corrected chi connectivity index (χ2v) is 6.30. The predicted molar refractivity (Wildman–Crippen MR) is 103 cm³/mol. The molecule has 1 saturated heterocycles. The van der Waals surface area contributed by atoms with Crippen LogP contribution in [0.3, 0.4) is 0 Å². The lowest BCUT2D eigenvalue weighted by molar-refractivity contribution is 0.340. The number of para-hydroxylation sites is 1. The highest BCUT2D eigenvalue weighted by Crippen LogP contribution is 2.13. The fraction of sp³-hybridized carbons (Fsp3) is 0.400. The second kappa shape index (κ2) is 8.51. The SMILES string of the molecule is CCn1cccc(CN=C(Nc2ccccc2)N2CCCCC2)c1=O. The Hall–Kier alpha value is -2.56. The van der Waals surface area contributed by atoms with Crippen molar-refractivity contribution >= 4 is 11.6 Å². The maximum Gasteiger partial charge on any atom is 0.255 e. The van der Waals surface area contributed by atoms with Crippen LogP contribution in [-0.2, 0) is 13.1 Å². The largest absolute Gasteiger partial charge is 0.343 e. The number of rotatable bonds is 4. The molecular weight excluding hydrogens is 312 g/mol. The third-order valence-electron chi connectivity index (χ3n) is 4.52. The Morgan fingerprint density at radius 2 is 1.84 bits per heavy atom. The molecule has 0 amide bonds. The van der Waals surface area contributed by atoms with Crippen LogP contribution < -0.4 is 10.9 Å². The van der Waals surface area contributed by atoms with Gasteiger partial charge >= 0.3 is 0 Å². The molecule has 132 valence electrons. The molecule has 1 aromatic carbocycles. The minimum absolute atomic E-state index is 0.0476. The molecule has 5 heteroatoms. The minimum atomic E-state index is 0.0476. The summed E-state index contributed by atoms with van der Waals surface area (Å²) in [5, 5.41) is 3.43. The lowest BCUT2D eigenvalue weighted by atomic mass is 10.1. The van der Waals surface area contributed by atoms with E-state index in [2.05, 4.69) is 10.2 Å². The van der Waals surface area contributed by atoms with Gasteiger partial charge in [0.15, 0.2) is 5.96 Å². The summed E-state index contributed by atoms with van der Waals surface area (Å²) in [7, 11) is 0. The van der Waals surface area contributed by atoms with E-state index in [0.717, 1.165) is 30.3 Å². The van der Waals surface area contributed by atoms with Crippen LogP contribution in [0.2, 0.25) is 0 Å². The van der Waals surface area contributed by atoms with Crippen molar-refractivity contribution in [2.75, 3.05) is 18.4 Å². The van der Waals surface area contributed by atoms with E-state index >= 15 is 0 Å². The summed E-state index contributed by atoms with van der Waals surface area (Å²) in [6.07, 6.45) is 5.46. The average molecular weight is 338 g/mol. The van der Waals surface area contributed by atoms with E-state index in [1.165, 1.54) is 19.3 Å². The summed E-state index contributed by atoms with van der Waals surface area (Å²) in [4.78, 5) is 19.5. The average Bonchev–Trinajstić information content (AvgIpc) is 2.67. The second-order valence-electron chi connectivity index (χ2n) is 6.30. The molecule has 0 radical (unpaired) electrons. The molecule has 2 heterocycles. The topological polar surface area (TPSA) is 49.6 Å². The van der Waals surface area contributed by atoms with Crippen LogP contribution in [0.1, 0.15) is 31.7 Å². The number of likely N-dealkylation sites (tertiary alicyclic amines) is 1. The highest BCUT2D eigenvalue weighted by molar-refractivity contribution is 5.93. The molecule has 0 atom stereocenters. The van der Waals surface area contributed by atoms with Crippen LogP contribution in [-0.4, -0.2) is 28.5 Å². The summed E-state index contributed by atoms with van der Waals surface area (Å²) in [5.74, 6) is 0.859. The molecule has 0 spiro atoms. The third-order valence-corrected chi connectivity index (χ3v) is 4.52. The lowest BCUT2D eigenvalue weighted by Gasteiger charge is -2.30. The Morgan fingerprint density at radius 3 is 2.56 bits per heavy atom. The van der Waals surface area contributed by atoms with Gasteiger partial charge in [0.2, 0.25) is 0 Å². The van der Waals surface area contributed by atoms with Crippen LogP contribution in [0.25, 0.3) is 0 Å². The summed E-state index contributed by atoms with van der Waals surface area (Å²) >= 11 is 0. The lowest BCUT2D eigenvalue weighted by Crippen LogP contribution is -2.40. The molecule has 1 aromatic heterocycles. The van der Waals surface area contributed by atoms with Crippen molar-refractivity contribution in [2.45, 2.75) is 39.3 Å². The monoisotopic (exact) mass is 338 g/mol. The fourth-order valence-electron chi connectivity index (χ4n) is 3.09. The molecule has 1 N–H and O–H groups in total. The highest BCUT2D eigenvalue weighted by atomic mass is 16.1. The van der Waals surface area contributed by atoms with Gasteiger partial charge in [0, 0.05) is 37.1 Å². The van der Waals surface area contributed by atoms with E-state index in [1.54, 1.807) is 4.57 Å². The first-order valence-corrected chi connectivity index (χ1v) is 9.07. The number of aromatic nitrogens is 1. The Labute approximate surface area is 149 Å². The quantitative estimate of drug-likeness (QED) is 0.687. The summed E-state index contributed by atoms with van der Waals surface area (Å²) in [5.41, 5.74) is 1.80. The number of hydrogen-bond donors (Lipinski definition) is 1. The smallest absolute Gasteiger partial charge is 0.255 e. The first-order chi connectivity index (χ1) is 12.3. The number of benzene rings is 1. The van der Waals surface area contributed by atoms with Crippen LogP contribution in [0.5, 0.6) is 0 Å². The fourth-order valence-corrected chi connectivity index (χ4v) is 3.09. The number of anilines is 1. The van der Waals surface area contributed by atoms with Crippen molar-refractivity contribution < 1.29 is 0 Å². The summed E-state index contributed by atoms with van der Waals surface area (Å²) in [6, 6.07) is 13.9. The van der Waals surface area contributed by atoms with Crippen molar-refractivity contribution in [3.05, 3.63) is 64.6 Å². The molecule has 0 bridgehead atoms. The number of hydrogen-bond acceptors (Lipinski definition) is 2. The molecule has 2 aromatic rings. The van der Waals surface area contributed by atoms with Gasteiger partial charge in [-0.05, 0) is 44.4 Å². The van der Waals surface area contributed by atoms with E-state index in [0.29, 0.717) is 13.1 Å². The molecule has 3 rings (SSSR count). The van der Waals surface area contributed by atoms with Gasteiger partial charge in [0.25, 0.3) is 5.56 Å². The van der Waals surface area contributed by atoms with Crippen LogP contribution >= 0.6 is 0 Å². The van der Waals surface area contributed by atoms with Gasteiger partial charge < -0.3 is 14.8 Å². The number of nitrogens with one attached hydrogen (secondary N) is 1. The number of aliphatic imine (C=N–C) groups is 1. The standard InChI is InChI=1S/C20H26N4O/c1-2-23-15-9-10-17(19(23)25)16-21-20(24-13-7-4-8-14-24)22-18-11-5-3-6-12-18/h3,5-6,9-12,15H,2,4,7-8,13-14,16H2,1H3,(H,21,22). The van der Waals surface area contributed by atoms with Crippen molar-refractivity contribution in [3.63, 3.8) is 0 Å². The zero-order valence-electron chi connectivity index (χ0n) is 14.8. The van der Waals surface area contributed by atoms with Crippen LogP contribution in [0, 0.1) is 0 Å². The van der Waals surface area contributed by atoms with Gasteiger partial charge in [0.05, 0.1) is 6.54 Å². The first-order valence-electron chi connectivity index (χ1n) is 9.07. The normalized spacial score (nSPS) is 15.2.